The van der Waals surface area contributed by atoms with Crippen LogP contribution in [0.25, 0.3) is 20.7 Å². The van der Waals surface area contributed by atoms with Crippen molar-refractivity contribution < 1.29 is 4.79 Å². The maximum absolute atomic E-state index is 10.6. The third-order valence-corrected chi connectivity index (χ3v) is 4.14. The molecule has 18 heavy (non-hydrogen) atoms. The van der Waals surface area contributed by atoms with Gasteiger partial charge in [0.15, 0.2) is 0 Å². The summed E-state index contributed by atoms with van der Waals surface area (Å²) >= 11 is 7.72. The quantitative estimate of drug-likeness (QED) is 0.647. The molecule has 0 aliphatic carbocycles. The SMILES string of the molecule is O=Cc1ccc(-c2cc3c(Cl)ccnc3s2)cc1. The fourth-order valence-corrected chi connectivity index (χ4v) is 3.06. The molecule has 2 nitrogen and oxygen atoms in total. The number of fused-ring (bicyclic) bond motifs is 1. The van der Waals surface area contributed by atoms with E-state index in [1.807, 2.05) is 30.3 Å². The Bertz CT molecular complexity index is 718. The Labute approximate surface area is 113 Å². The summed E-state index contributed by atoms with van der Waals surface area (Å²) in [7, 11) is 0. The van der Waals surface area contributed by atoms with Crippen molar-refractivity contribution in [3.63, 3.8) is 0 Å². The lowest BCUT2D eigenvalue weighted by atomic mass is 10.1. The summed E-state index contributed by atoms with van der Waals surface area (Å²) < 4.78 is 0. The van der Waals surface area contributed by atoms with Crippen molar-refractivity contribution in [3.8, 4) is 10.4 Å². The largest absolute Gasteiger partial charge is 0.298 e. The highest BCUT2D eigenvalue weighted by Crippen LogP contribution is 2.35. The highest BCUT2D eigenvalue weighted by molar-refractivity contribution is 7.21. The smallest absolute Gasteiger partial charge is 0.150 e. The molecule has 0 saturated carbocycles. The maximum atomic E-state index is 10.6. The number of aromatic nitrogens is 1. The van der Waals surface area contributed by atoms with Gasteiger partial charge in [-0.3, -0.25) is 4.79 Å². The van der Waals surface area contributed by atoms with Gasteiger partial charge in [-0.2, -0.15) is 0 Å². The number of nitrogens with zero attached hydrogens (tertiary/aromatic N) is 1. The minimum Gasteiger partial charge on any atom is -0.298 e. The van der Waals surface area contributed by atoms with Gasteiger partial charge in [-0.15, -0.1) is 11.3 Å². The van der Waals surface area contributed by atoms with E-state index in [0.717, 1.165) is 26.9 Å². The number of hydrogen-bond donors (Lipinski definition) is 0. The summed E-state index contributed by atoms with van der Waals surface area (Å²) in [5, 5.41) is 1.69. The number of aldehydes is 1. The number of pyridine rings is 1. The molecule has 0 unspecified atom stereocenters. The van der Waals surface area contributed by atoms with Crippen LogP contribution in [-0.2, 0) is 0 Å². The Balaban J connectivity index is 2.13. The molecule has 0 atom stereocenters. The first-order valence-electron chi connectivity index (χ1n) is 5.37. The van der Waals surface area contributed by atoms with Gasteiger partial charge in [0, 0.05) is 22.0 Å². The minimum atomic E-state index is 0.677. The van der Waals surface area contributed by atoms with Crippen molar-refractivity contribution in [2.45, 2.75) is 0 Å². The third-order valence-electron chi connectivity index (χ3n) is 2.71. The van der Waals surface area contributed by atoms with Crippen molar-refractivity contribution in [2.24, 2.45) is 0 Å². The highest BCUT2D eigenvalue weighted by atomic mass is 35.5. The zero-order valence-corrected chi connectivity index (χ0v) is 10.8. The molecule has 2 heterocycles. The van der Waals surface area contributed by atoms with Crippen molar-refractivity contribution in [1.82, 2.24) is 4.98 Å². The molecule has 0 spiro atoms. The van der Waals surface area contributed by atoms with Crippen molar-refractivity contribution in [2.75, 3.05) is 0 Å². The van der Waals surface area contributed by atoms with Crippen LogP contribution < -0.4 is 0 Å². The molecular formula is C14H8ClNOS. The lowest BCUT2D eigenvalue weighted by molar-refractivity contribution is 0.112. The van der Waals surface area contributed by atoms with Crippen LogP contribution in [0.3, 0.4) is 0 Å². The number of halogens is 1. The Morgan fingerprint density at radius 1 is 1.17 bits per heavy atom. The van der Waals surface area contributed by atoms with Gasteiger partial charge in [-0.1, -0.05) is 35.9 Å². The van der Waals surface area contributed by atoms with E-state index in [-0.39, 0.29) is 0 Å². The molecule has 0 radical (unpaired) electrons. The normalized spacial score (nSPS) is 10.7. The van der Waals surface area contributed by atoms with Crippen LogP contribution in [0, 0.1) is 0 Å². The number of benzene rings is 1. The number of rotatable bonds is 2. The molecule has 0 aliphatic rings. The molecule has 1 aromatic carbocycles. The fraction of sp³-hybridized carbons (Fsp3) is 0. The molecule has 0 bridgehead atoms. The second-order valence-electron chi connectivity index (χ2n) is 3.86. The van der Waals surface area contributed by atoms with E-state index < -0.39 is 0 Å². The summed E-state index contributed by atoms with van der Waals surface area (Å²) in [4.78, 5) is 16.9. The van der Waals surface area contributed by atoms with Crippen LogP contribution in [0.5, 0.6) is 0 Å². The van der Waals surface area contributed by atoms with Gasteiger partial charge in [0.2, 0.25) is 0 Å². The molecule has 0 aliphatic heterocycles. The van der Waals surface area contributed by atoms with Crippen molar-refractivity contribution in [3.05, 3.63) is 53.2 Å². The third kappa shape index (κ3) is 1.92. The highest BCUT2D eigenvalue weighted by Gasteiger charge is 2.07. The van der Waals surface area contributed by atoms with Crippen LogP contribution >= 0.6 is 22.9 Å². The standard InChI is InChI=1S/C14H8ClNOS/c15-12-5-6-16-14-11(12)7-13(18-14)10-3-1-9(8-17)2-4-10/h1-8H. The minimum absolute atomic E-state index is 0.677. The lowest BCUT2D eigenvalue weighted by Gasteiger charge is -1.96. The van der Waals surface area contributed by atoms with Gasteiger partial charge in [0.05, 0.1) is 5.02 Å². The zero-order valence-electron chi connectivity index (χ0n) is 9.26. The van der Waals surface area contributed by atoms with Crippen molar-refractivity contribution >= 4 is 39.4 Å². The fourth-order valence-electron chi connectivity index (χ4n) is 1.78. The van der Waals surface area contributed by atoms with Gasteiger partial charge in [-0.25, -0.2) is 4.98 Å². The predicted molar refractivity (Wildman–Crippen MR) is 75.5 cm³/mol. The summed E-state index contributed by atoms with van der Waals surface area (Å²) in [6.45, 7) is 0. The molecule has 0 amide bonds. The van der Waals surface area contributed by atoms with Crippen molar-refractivity contribution in [1.29, 1.82) is 0 Å². The van der Waals surface area contributed by atoms with E-state index in [4.69, 9.17) is 11.6 Å². The summed E-state index contributed by atoms with van der Waals surface area (Å²) in [6, 6.07) is 11.3. The monoisotopic (exact) mass is 273 g/mol. The van der Waals surface area contributed by atoms with Gasteiger partial charge >= 0.3 is 0 Å². The van der Waals surface area contributed by atoms with E-state index in [1.165, 1.54) is 0 Å². The first kappa shape index (κ1) is 11.4. The maximum Gasteiger partial charge on any atom is 0.150 e. The molecule has 3 aromatic rings. The van der Waals surface area contributed by atoms with Gasteiger partial charge < -0.3 is 0 Å². The van der Waals surface area contributed by atoms with Gasteiger partial charge in [-0.05, 0) is 17.7 Å². The average Bonchev–Trinajstić information content (AvgIpc) is 2.84. The zero-order chi connectivity index (χ0) is 12.5. The predicted octanol–water partition coefficient (Wildman–Crippen LogP) is 4.43. The molecule has 0 saturated heterocycles. The molecule has 3 rings (SSSR count). The Hall–Kier alpha value is -1.71. The summed E-state index contributed by atoms with van der Waals surface area (Å²) in [5.41, 5.74) is 1.75. The van der Waals surface area contributed by atoms with E-state index in [0.29, 0.717) is 10.6 Å². The first-order chi connectivity index (χ1) is 8.78. The molecule has 2 aromatic heterocycles. The van der Waals surface area contributed by atoms with Gasteiger partial charge in [0.25, 0.3) is 0 Å². The van der Waals surface area contributed by atoms with Crippen LogP contribution in [-0.4, -0.2) is 11.3 Å². The second-order valence-corrected chi connectivity index (χ2v) is 5.30. The van der Waals surface area contributed by atoms with Crippen LogP contribution in [0.15, 0.2) is 42.6 Å². The molecule has 88 valence electrons. The van der Waals surface area contributed by atoms with Crippen LogP contribution in [0.2, 0.25) is 5.02 Å². The Morgan fingerprint density at radius 2 is 1.94 bits per heavy atom. The Morgan fingerprint density at radius 3 is 2.61 bits per heavy atom. The van der Waals surface area contributed by atoms with Crippen LogP contribution in [0.4, 0.5) is 0 Å². The van der Waals surface area contributed by atoms with E-state index in [9.17, 15) is 4.79 Å². The molecule has 0 N–H and O–H groups in total. The molecular weight excluding hydrogens is 266 g/mol. The average molecular weight is 274 g/mol. The Kier molecular flexibility index (Phi) is 2.86. The van der Waals surface area contributed by atoms with E-state index in [1.54, 1.807) is 23.6 Å². The summed E-state index contributed by atoms with van der Waals surface area (Å²) in [5.74, 6) is 0. The molecule has 0 fully saturated rings. The molecule has 4 heteroatoms. The summed E-state index contributed by atoms with van der Waals surface area (Å²) in [6.07, 6.45) is 2.55. The first-order valence-corrected chi connectivity index (χ1v) is 6.57. The topological polar surface area (TPSA) is 30.0 Å². The number of carbonyl (C=O) groups excluding carboxylic acids is 1. The second kappa shape index (κ2) is 4.52. The number of thiophene rings is 1. The van der Waals surface area contributed by atoms with Crippen LogP contribution in [0.1, 0.15) is 10.4 Å². The van der Waals surface area contributed by atoms with Gasteiger partial charge in [0.1, 0.15) is 11.1 Å². The number of carbonyl (C=O) groups is 1. The van der Waals surface area contributed by atoms with E-state index in [2.05, 4.69) is 4.98 Å². The lowest BCUT2D eigenvalue weighted by Crippen LogP contribution is -1.78. The van der Waals surface area contributed by atoms with E-state index >= 15 is 0 Å². The number of hydrogen-bond acceptors (Lipinski definition) is 3.